The number of rotatable bonds is 3. The zero-order valence-electron chi connectivity index (χ0n) is 9.14. The molecule has 0 bridgehead atoms. The van der Waals surface area contributed by atoms with E-state index in [1.807, 2.05) is 11.5 Å². The van der Waals surface area contributed by atoms with Crippen LogP contribution in [0.5, 0.6) is 0 Å². The van der Waals surface area contributed by atoms with Crippen LogP contribution in [0.2, 0.25) is 0 Å². The van der Waals surface area contributed by atoms with Gasteiger partial charge in [-0.1, -0.05) is 18.7 Å². The maximum Gasteiger partial charge on any atom is 0.195 e. The fourth-order valence-corrected chi connectivity index (χ4v) is 2.18. The van der Waals surface area contributed by atoms with Crippen molar-refractivity contribution in [3.05, 3.63) is 35.9 Å². The molecule has 0 N–H and O–H groups in total. The van der Waals surface area contributed by atoms with Gasteiger partial charge in [-0.3, -0.25) is 4.57 Å². The van der Waals surface area contributed by atoms with Crippen molar-refractivity contribution in [1.82, 2.24) is 14.8 Å². The average molecular weight is 237 g/mol. The van der Waals surface area contributed by atoms with Gasteiger partial charge in [-0.25, -0.2) is 4.39 Å². The van der Waals surface area contributed by atoms with Gasteiger partial charge >= 0.3 is 0 Å². The Bertz CT molecular complexity index is 478. The van der Waals surface area contributed by atoms with Crippen LogP contribution in [0.4, 0.5) is 4.39 Å². The number of aromatic nitrogens is 3. The van der Waals surface area contributed by atoms with Crippen molar-refractivity contribution >= 4 is 11.8 Å². The number of hydrogen-bond acceptors (Lipinski definition) is 3. The van der Waals surface area contributed by atoms with Gasteiger partial charge in [0.05, 0.1) is 0 Å². The Kier molecular flexibility index (Phi) is 3.24. The summed E-state index contributed by atoms with van der Waals surface area (Å²) in [4.78, 5) is 0. The Morgan fingerprint density at radius 2 is 1.94 bits per heavy atom. The fourth-order valence-electron chi connectivity index (χ4n) is 1.45. The molecule has 0 amide bonds. The Balaban J connectivity index is 2.45. The number of halogens is 1. The summed E-state index contributed by atoms with van der Waals surface area (Å²) in [6.45, 7) is 3.94. The molecule has 2 aromatic rings. The Labute approximate surface area is 97.7 Å². The number of benzene rings is 1. The first kappa shape index (κ1) is 11.1. The lowest BCUT2D eigenvalue weighted by Gasteiger charge is -2.07. The summed E-state index contributed by atoms with van der Waals surface area (Å²) in [7, 11) is 0. The van der Waals surface area contributed by atoms with Crippen molar-refractivity contribution in [2.45, 2.75) is 19.0 Å². The van der Waals surface area contributed by atoms with Crippen LogP contribution >= 0.6 is 11.8 Å². The van der Waals surface area contributed by atoms with E-state index in [9.17, 15) is 4.39 Å². The van der Waals surface area contributed by atoms with Crippen molar-refractivity contribution in [1.29, 1.82) is 0 Å². The summed E-state index contributed by atoms with van der Waals surface area (Å²) in [5.74, 6) is 1.50. The van der Waals surface area contributed by atoms with Crippen molar-refractivity contribution in [3.8, 4) is 5.69 Å². The number of hydrogen-bond donors (Lipinski definition) is 0. The molecule has 0 spiro atoms. The topological polar surface area (TPSA) is 30.7 Å². The SMILES string of the molecule is CCSc1nnc(C)n1-c1ccc(F)cc1. The average Bonchev–Trinajstić information content (AvgIpc) is 2.62. The largest absolute Gasteiger partial charge is 0.274 e. The fraction of sp³-hybridized carbons (Fsp3) is 0.273. The maximum atomic E-state index is 12.8. The van der Waals surface area contributed by atoms with Gasteiger partial charge in [0.1, 0.15) is 11.6 Å². The highest BCUT2D eigenvalue weighted by atomic mass is 32.2. The van der Waals surface area contributed by atoms with Gasteiger partial charge in [0, 0.05) is 5.69 Å². The maximum absolute atomic E-state index is 12.8. The molecule has 16 heavy (non-hydrogen) atoms. The molecule has 2 rings (SSSR count). The van der Waals surface area contributed by atoms with E-state index in [1.165, 1.54) is 12.1 Å². The van der Waals surface area contributed by atoms with E-state index in [1.54, 1.807) is 23.9 Å². The van der Waals surface area contributed by atoms with Gasteiger partial charge in [0.15, 0.2) is 5.16 Å². The first-order chi connectivity index (χ1) is 7.72. The Morgan fingerprint density at radius 3 is 2.56 bits per heavy atom. The predicted octanol–water partition coefficient (Wildman–Crippen LogP) is 2.83. The first-order valence-electron chi connectivity index (χ1n) is 5.03. The standard InChI is InChI=1S/C11H12FN3S/c1-3-16-11-14-13-8(2)15(11)10-6-4-9(12)5-7-10/h4-7H,3H2,1-2H3. The predicted molar refractivity (Wildman–Crippen MR) is 62.5 cm³/mol. The Hall–Kier alpha value is -1.36. The van der Waals surface area contributed by atoms with Crippen molar-refractivity contribution < 1.29 is 4.39 Å². The second-order valence-electron chi connectivity index (χ2n) is 3.27. The summed E-state index contributed by atoms with van der Waals surface area (Å²) in [5, 5.41) is 8.96. The molecule has 0 saturated heterocycles. The summed E-state index contributed by atoms with van der Waals surface area (Å²) in [5.41, 5.74) is 0.889. The number of thioether (sulfide) groups is 1. The number of aryl methyl sites for hydroxylation is 1. The molecule has 3 nitrogen and oxygen atoms in total. The van der Waals surface area contributed by atoms with Crippen molar-refractivity contribution in [2.24, 2.45) is 0 Å². The zero-order valence-corrected chi connectivity index (χ0v) is 9.96. The minimum atomic E-state index is -0.237. The van der Waals surface area contributed by atoms with Crippen LogP contribution < -0.4 is 0 Å². The molecule has 0 fully saturated rings. The molecule has 0 radical (unpaired) electrons. The molecule has 0 saturated carbocycles. The highest BCUT2D eigenvalue weighted by Crippen LogP contribution is 2.21. The smallest absolute Gasteiger partial charge is 0.195 e. The second-order valence-corrected chi connectivity index (χ2v) is 4.51. The summed E-state index contributed by atoms with van der Waals surface area (Å²) in [6.07, 6.45) is 0. The lowest BCUT2D eigenvalue weighted by molar-refractivity contribution is 0.627. The normalized spacial score (nSPS) is 10.7. The van der Waals surface area contributed by atoms with Crippen LogP contribution in [0.15, 0.2) is 29.4 Å². The van der Waals surface area contributed by atoms with E-state index in [2.05, 4.69) is 17.1 Å². The minimum Gasteiger partial charge on any atom is -0.274 e. The van der Waals surface area contributed by atoms with Crippen molar-refractivity contribution in [3.63, 3.8) is 0 Å². The highest BCUT2D eigenvalue weighted by Gasteiger charge is 2.10. The molecule has 0 unspecified atom stereocenters. The monoisotopic (exact) mass is 237 g/mol. The van der Waals surface area contributed by atoms with E-state index < -0.39 is 0 Å². The van der Waals surface area contributed by atoms with E-state index in [0.29, 0.717) is 0 Å². The van der Waals surface area contributed by atoms with E-state index in [-0.39, 0.29) is 5.82 Å². The Morgan fingerprint density at radius 1 is 1.25 bits per heavy atom. The molecule has 0 aliphatic carbocycles. The minimum absolute atomic E-state index is 0.237. The highest BCUT2D eigenvalue weighted by molar-refractivity contribution is 7.99. The quantitative estimate of drug-likeness (QED) is 0.769. The van der Waals surface area contributed by atoms with Crippen LogP contribution in [0.3, 0.4) is 0 Å². The van der Waals surface area contributed by atoms with Gasteiger partial charge in [-0.2, -0.15) is 0 Å². The van der Waals surface area contributed by atoms with Gasteiger partial charge in [0.25, 0.3) is 0 Å². The third kappa shape index (κ3) is 2.09. The van der Waals surface area contributed by atoms with Crippen LogP contribution in [-0.4, -0.2) is 20.5 Å². The second kappa shape index (κ2) is 4.65. The van der Waals surface area contributed by atoms with Crippen LogP contribution in [0.1, 0.15) is 12.7 Å². The summed E-state index contributed by atoms with van der Waals surface area (Å²) < 4.78 is 14.8. The third-order valence-electron chi connectivity index (χ3n) is 2.15. The molecule has 84 valence electrons. The summed E-state index contributed by atoms with van der Waals surface area (Å²) in [6, 6.07) is 6.33. The van der Waals surface area contributed by atoms with Crippen LogP contribution in [0, 0.1) is 12.7 Å². The molecule has 1 aromatic heterocycles. The third-order valence-corrected chi connectivity index (χ3v) is 2.96. The summed E-state index contributed by atoms with van der Waals surface area (Å²) >= 11 is 1.62. The zero-order chi connectivity index (χ0) is 11.5. The molecular weight excluding hydrogens is 225 g/mol. The van der Waals surface area contributed by atoms with Gasteiger partial charge in [-0.05, 0) is 36.9 Å². The molecule has 0 atom stereocenters. The van der Waals surface area contributed by atoms with E-state index >= 15 is 0 Å². The molecule has 1 aromatic carbocycles. The lowest BCUT2D eigenvalue weighted by atomic mass is 10.3. The first-order valence-corrected chi connectivity index (χ1v) is 6.01. The molecule has 5 heteroatoms. The molecule has 1 heterocycles. The molecule has 0 aliphatic heterocycles. The van der Waals surface area contributed by atoms with Gasteiger partial charge in [0.2, 0.25) is 0 Å². The van der Waals surface area contributed by atoms with E-state index in [4.69, 9.17) is 0 Å². The van der Waals surface area contributed by atoms with Crippen LogP contribution in [-0.2, 0) is 0 Å². The van der Waals surface area contributed by atoms with E-state index in [0.717, 1.165) is 22.4 Å². The van der Waals surface area contributed by atoms with Gasteiger partial charge < -0.3 is 0 Å². The van der Waals surface area contributed by atoms with Crippen LogP contribution in [0.25, 0.3) is 5.69 Å². The molecule has 0 aliphatic rings. The van der Waals surface area contributed by atoms with Gasteiger partial charge in [-0.15, -0.1) is 10.2 Å². The lowest BCUT2D eigenvalue weighted by Crippen LogP contribution is -1.99. The van der Waals surface area contributed by atoms with Crippen molar-refractivity contribution in [2.75, 3.05) is 5.75 Å². The molecular formula is C11H12FN3S. The number of nitrogens with zero attached hydrogens (tertiary/aromatic N) is 3.